The van der Waals surface area contributed by atoms with E-state index in [1.54, 1.807) is 0 Å². The van der Waals surface area contributed by atoms with Crippen LogP contribution >= 0.6 is 15.9 Å². The molecule has 1 aliphatic rings. The number of hydrogen-bond donors (Lipinski definition) is 1. The van der Waals surface area contributed by atoms with Crippen molar-refractivity contribution in [1.29, 1.82) is 0 Å². The Morgan fingerprint density at radius 2 is 1.81 bits per heavy atom. The molecule has 1 aliphatic carbocycles. The van der Waals surface area contributed by atoms with Gasteiger partial charge >= 0.3 is 5.97 Å². The smallest absolute Gasteiger partial charge is 0.325 e. The Morgan fingerprint density at radius 1 is 1.14 bits per heavy atom. The Labute approximate surface area is 133 Å². The Kier molecular flexibility index (Phi) is 6.23. The summed E-state index contributed by atoms with van der Waals surface area (Å²) in [6.45, 7) is 0.178. The fraction of sp³-hybridized carbons (Fsp3) is 0.500. The van der Waals surface area contributed by atoms with Gasteiger partial charge in [0.2, 0.25) is 5.91 Å². The summed E-state index contributed by atoms with van der Waals surface area (Å²) in [5.74, 6) is -0.351. The van der Waals surface area contributed by atoms with Gasteiger partial charge in [-0.1, -0.05) is 47.3 Å². The Bertz CT molecular complexity index is 481. The van der Waals surface area contributed by atoms with Crippen LogP contribution in [-0.2, 0) is 20.9 Å². The zero-order valence-electron chi connectivity index (χ0n) is 11.9. The number of halogens is 1. The van der Waals surface area contributed by atoms with E-state index < -0.39 is 5.97 Å². The number of amides is 1. The zero-order chi connectivity index (χ0) is 15.1. The third kappa shape index (κ3) is 5.50. The maximum Gasteiger partial charge on any atom is 0.325 e. The van der Waals surface area contributed by atoms with Gasteiger partial charge in [-0.3, -0.25) is 9.59 Å². The second kappa shape index (κ2) is 8.17. The molecule has 1 fully saturated rings. The zero-order valence-corrected chi connectivity index (χ0v) is 13.5. The van der Waals surface area contributed by atoms with Gasteiger partial charge in [0.1, 0.15) is 13.2 Å². The molecule has 0 radical (unpaired) electrons. The van der Waals surface area contributed by atoms with Crippen LogP contribution in [0.2, 0.25) is 0 Å². The van der Waals surface area contributed by atoms with Crippen LogP contribution in [0.25, 0.3) is 0 Å². The summed E-state index contributed by atoms with van der Waals surface area (Å²) in [5.41, 5.74) is 0.921. The van der Waals surface area contributed by atoms with Crippen molar-refractivity contribution in [3.8, 4) is 0 Å². The topological polar surface area (TPSA) is 55.4 Å². The SMILES string of the molecule is O=C(CNC(=O)C1CCCCC1)OCc1ccc(Br)cc1. The minimum absolute atomic E-state index is 0.0182. The fourth-order valence-corrected chi connectivity index (χ4v) is 2.73. The summed E-state index contributed by atoms with van der Waals surface area (Å²) >= 11 is 3.35. The number of nitrogens with one attached hydrogen (secondary N) is 1. The number of ether oxygens (including phenoxy) is 1. The second-order valence-corrected chi connectivity index (χ2v) is 6.26. The van der Waals surface area contributed by atoms with Gasteiger partial charge in [-0.25, -0.2) is 0 Å². The van der Waals surface area contributed by atoms with E-state index >= 15 is 0 Å². The van der Waals surface area contributed by atoms with Gasteiger partial charge in [-0.2, -0.15) is 0 Å². The van der Waals surface area contributed by atoms with Crippen LogP contribution in [0.3, 0.4) is 0 Å². The van der Waals surface area contributed by atoms with Crippen molar-refractivity contribution in [1.82, 2.24) is 5.32 Å². The minimum Gasteiger partial charge on any atom is -0.460 e. The van der Waals surface area contributed by atoms with Gasteiger partial charge in [0.05, 0.1) is 0 Å². The lowest BCUT2D eigenvalue weighted by atomic mass is 9.89. The number of carbonyl (C=O) groups excluding carboxylic acids is 2. The molecule has 0 bridgehead atoms. The first-order chi connectivity index (χ1) is 10.1. The summed E-state index contributed by atoms with van der Waals surface area (Å²) < 4.78 is 6.12. The molecule has 5 heteroatoms. The van der Waals surface area contributed by atoms with Gasteiger partial charge in [-0.15, -0.1) is 0 Å². The average Bonchev–Trinajstić information content (AvgIpc) is 2.53. The molecule has 1 saturated carbocycles. The molecule has 114 valence electrons. The largest absolute Gasteiger partial charge is 0.460 e. The van der Waals surface area contributed by atoms with Gasteiger partial charge in [0.25, 0.3) is 0 Å². The molecule has 0 unspecified atom stereocenters. The first-order valence-corrected chi connectivity index (χ1v) is 8.12. The van der Waals surface area contributed by atoms with Crippen LogP contribution in [-0.4, -0.2) is 18.4 Å². The molecule has 0 saturated heterocycles. The predicted octanol–water partition coefficient (Wildman–Crippen LogP) is 3.19. The van der Waals surface area contributed by atoms with E-state index in [0.717, 1.165) is 35.7 Å². The van der Waals surface area contributed by atoms with Gasteiger partial charge < -0.3 is 10.1 Å². The molecular formula is C16H20BrNO3. The van der Waals surface area contributed by atoms with E-state index in [-0.39, 0.29) is 25.0 Å². The highest BCUT2D eigenvalue weighted by Gasteiger charge is 2.21. The number of benzene rings is 1. The molecule has 1 N–H and O–H groups in total. The molecule has 0 aromatic heterocycles. The van der Waals surface area contributed by atoms with Crippen molar-refractivity contribution in [2.24, 2.45) is 5.92 Å². The average molecular weight is 354 g/mol. The Balaban J connectivity index is 1.67. The van der Waals surface area contributed by atoms with Crippen molar-refractivity contribution >= 4 is 27.8 Å². The summed E-state index contributed by atoms with van der Waals surface area (Å²) in [7, 11) is 0. The molecule has 2 rings (SSSR count). The van der Waals surface area contributed by atoms with E-state index in [9.17, 15) is 9.59 Å². The molecule has 4 nitrogen and oxygen atoms in total. The predicted molar refractivity (Wildman–Crippen MR) is 83.5 cm³/mol. The van der Waals surface area contributed by atoms with Crippen molar-refractivity contribution in [3.05, 3.63) is 34.3 Å². The van der Waals surface area contributed by atoms with Crippen LogP contribution in [0.5, 0.6) is 0 Å². The minimum atomic E-state index is -0.401. The van der Waals surface area contributed by atoms with Crippen LogP contribution < -0.4 is 5.32 Å². The van der Waals surface area contributed by atoms with E-state index in [1.807, 2.05) is 24.3 Å². The Hall–Kier alpha value is -1.36. The van der Waals surface area contributed by atoms with Crippen molar-refractivity contribution in [3.63, 3.8) is 0 Å². The third-order valence-electron chi connectivity index (χ3n) is 3.70. The van der Waals surface area contributed by atoms with Crippen molar-refractivity contribution in [2.45, 2.75) is 38.7 Å². The van der Waals surface area contributed by atoms with Crippen molar-refractivity contribution in [2.75, 3.05) is 6.54 Å². The summed E-state index contributed by atoms with van der Waals surface area (Å²) in [6.07, 6.45) is 5.27. The molecule has 1 aromatic rings. The molecule has 0 atom stereocenters. The lowest BCUT2D eigenvalue weighted by molar-refractivity contribution is -0.145. The van der Waals surface area contributed by atoms with Crippen LogP contribution in [0.4, 0.5) is 0 Å². The number of hydrogen-bond acceptors (Lipinski definition) is 3. The lowest BCUT2D eigenvalue weighted by Gasteiger charge is -2.20. The van der Waals surface area contributed by atoms with Crippen LogP contribution in [0, 0.1) is 5.92 Å². The lowest BCUT2D eigenvalue weighted by Crippen LogP contribution is -2.36. The van der Waals surface area contributed by atoms with Gasteiger partial charge in [0.15, 0.2) is 0 Å². The van der Waals surface area contributed by atoms with Crippen LogP contribution in [0.1, 0.15) is 37.7 Å². The highest BCUT2D eigenvalue weighted by atomic mass is 79.9. The standard InChI is InChI=1S/C16H20BrNO3/c17-14-8-6-12(7-9-14)11-21-15(19)10-18-16(20)13-4-2-1-3-5-13/h6-9,13H,1-5,10-11H2,(H,18,20). The summed E-state index contributed by atoms with van der Waals surface area (Å²) in [4.78, 5) is 23.5. The highest BCUT2D eigenvalue weighted by molar-refractivity contribution is 9.10. The third-order valence-corrected chi connectivity index (χ3v) is 4.22. The van der Waals surface area contributed by atoms with Gasteiger partial charge in [-0.05, 0) is 30.5 Å². The molecular weight excluding hydrogens is 334 g/mol. The Morgan fingerprint density at radius 3 is 2.48 bits per heavy atom. The van der Waals surface area contributed by atoms with Crippen molar-refractivity contribution < 1.29 is 14.3 Å². The molecule has 0 heterocycles. The second-order valence-electron chi connectivity index (χ2n) is 5.34. The molecule has 1 aromatic carbocycles. The van der Waals surface area contributed by atoms with E-state index in [4.69, 9.17) is 4.74 Å². The maximum absolute atomic E-state index is 11.9. The molecule has 0 spiro atoms. The number of rotatable bonds is 5. The maximum atomic E-state index is 11.9. The van der Waals surface area contributed by atoms with E-state index in [2.05, 4.69) is 21.2 Å². The monoisotopic (exact) mass is 353 g/mol. The highest BCUT2D eigenvalue weighted by Crippen LogP contribution is 2.23. The molecule has 21 heavy (non-hydrogen) atoms. The normalized spacial score (nSPS) is 15.5. The van der Waals surface area contributed by atoms with E-state index in [0.29, 0.717) is 0 Å². The summed E-state index contributed by atoms with van der Waals surface area (Å²) in [5, 5.41) is 2.68. The van der Waals surface area contributed by atoms with E-state index in [1.165, 1.54) is 6.42 Å². The number of esters is 1. The first-order valence-electron chi connectivity index (χ1n) is 7.33. The quantitative estimate of drug-likeness (QED) is 0.827. The van der Waals surface area contributed by atoms with Gasteiger partial charge in [0, 0.05) is 10.4 Å². The van der Waals surface area contributed by atoms with Crippen LogP contribution in [0.15, 0.2) is 28.7 Å². The fourth-order valence-electron chi connectivity index (χ4n) is 2.46. The molecule has 0 aliphatic heterocycles. The number of carbonyl (C=O) groups is 2. The molecule has 1 amide bonds. The summed E-state index contributed by atoms with van der Waals surface area (Å²) in [6, 6.07) is 7.57. The first kappa shape index (κ1) is 16.0.